The Morgan fingerprint density at radius 2 is 2.00 bits per heavy atom. The van der Waals surface area contributed by atoms with Crippen LogP contribution >= 0.6 is 0 Å². The second kappa shape index (κ2) is 8.10. The number of rotatable bonds is 4. The third-order valence-electron chi connectivity index (χ3n) is 4.78. The summed E-state index contributed by atoms with van der Waals surface area (Å²) in [5, 5.41) is 7.74. The minimum Gasteiger partial charge on any atom is -0.265 e. The number of hydrogen-bond acceptors (Lipinski definition) is 4. The minimum atomic E-state index is -4.67. The number of hydrazone groups is 1. The Balaban J connectivity index is 1.64. The van der Waals surface area contributed by atoms with Crippen LogP contribution in [0.1, 0.15) is 35.4 Å². The van der Waals surface area contributed by atoms with E-state index in [-0.39, 0.29) is 23.0 Å². The standard InChI is InChI=1S/C21H18F3N5O/c22-21(23,24)18-11-16(15-9-5-2-6-10-15)26-19-12-17(28-29(18)19)20(30)27-25-13-14-7-3-1-4-8-14/h1-3,5-6,9-14H,4,7-8H2,(H,27,30). The lowest BCUT2D eigenvalue weighted by atomic mass is 9.96. The van der Waals surface area contributed by atoms with Crippen LogP contribution in [0.2, 0.25) is 0 Å². The molecule has 1 unspecified atom stereocenters. The van der Waals surface area contributed by atoms with Gasteiger partial charge in [0.2, 0.25) is 0 Å². The smallest absolute Gasteiger partial charge is 0.265 e. The van der Waals surface area contributed by atoms with Crippen LogP contribution in [0.3, 0.4) is 0 Å². The SMILES string of the molecule is O=C(NN=CC1CC=CCC1)c1cc2nc(-c3ccccc3)cc(C(F)(F)F)n2n1. The molecule has 1 atom stereocenters. The number of hydrogen-bond donors (Lipinski definition) is 1. The molecule has 30 heavy (non-hydrogen) atoms. The molecule has 6 nitrogen and oxygen atoms in total. The van der Waals surface area contributed by atoms with Gasteiger partial charge in [-0.2, -0.15) is 23.4 Å². The van der Waals surface area contributed by atoms with Crippen molar-refractivity contribution in [2.75, 3.05) is 0 Å². The topological polar surface area (TPSA) is 71.7 Å². The largest absolute Gasteiger partial charge is 0.433 e. The van der Waals surface area contributed by atoms with E-state index in [1.807, 2.05) is 0 Å². The zero-order chi connectivity index (χ0) is 21.1. The second-order valence-electron chi connectivity index (χ2n) is 6.95. The maximum Gasteiger partial charge on any atom is 0.433 e. The van der Waals surface area contributed by atoms with Gasteiger partial charge in [-0.15, -0.1) is 0 Å². The summed E-state index contributed by atoms with van der Waals surface area (Å²) in [6.07, 6.45) is 3.85. The van der Waals surface area contributed by atoms with Gasteiger partial charge in [-0.1, -0.05) is 42.5 Å². The first-order chi connectivity index (χ1) is 14.4. The Hall–Kier alpha value is -3.49. The molecule has 0 saturated heterocycles. The summed E-state index contributed by atoms with van der Waals surface area (Å²) in [4.78, 5) is 16.6. The summed E-state index contributed by atoms with van der Waals surface area (Å²) < 4.78 is 41.5. The maximum atomic E-state index is 13.6. The lowest BCUT2D eigenvalue weighted by molar-refractivity contribution is -0.142. The van der Waals surface area contributed by atoms with E-state index < -0.39 is 17.8 Å². The van der Waals surface area contributed by atoms with Crippen molar-refractivity contribution in [3.8, 4) is 11.3 Å². The Morgan fingerprint density at radius 3 is 2.70 bits per heavy atom. The molecule has 2 aromatic heterocycles. The van der Waals surface area contributed by atoms with E-state index >= 15 is 0 Å². The van der Waals surface area contributed by atoms with Crippen molar-refractivity contribution in [1.82, 2.24) is 20.0 Å². The van der Waals surface area contributed by atoms with Crippen molar-refractivity contribution >= 4 is 17.8 Å². The van der Waals surface area contributed by atoms with Crippen molar-refractivity contribution in [2.24, 2.45) is 11.0 Å². The summed E-state index contributed by atoms with van der Waals surface area (Å²) in [5.74, 6) is -0.471. The molecule has 1 N–H and O–H groups in total. The van der Waals surface area contributed by atoms with Crippen LogP contribution < -0.4 is 5.43 Å². The monoisotopic (exact) mass is 413 g/mol. The zero-order valence-electron chi connectivity index (χ0n) is 15.8. The van der Waals surface area contributed by atoms with Crippen LogP contribution in [0.25, 0.3) is 16.9 Å². The van der Waals surface area contributed by atoms with Gasteiger partial charge in [0.25, 0.3) is 5.91 Å². The lowest BCUT2D eigenvalue weighted by Crippen LogP contribution is -2.20. The number of nitrogens with zero attached hydrogens (tertiary/aromatic N) is 4. The number of amides is 1. The normalized spacial score (nSPS) is 17.0. The molecule has 154 valence electrons. The van der Waals surface area contributed by atoms with Gasteiger partial charge in [0, 0.05) is 17.8 Å². The number of allylic oxidation sites excluding steroid dienone is 2. The molecule has 1 aliphatic carbocycles. The van der Waals surface area contributed by atoms with Gasteiger partial charge in [-0.25, -0.2) is 14.9 Å². The van der Waals surface area contributed by atoms with Gasteiger partial charge in [-0.05, 0) is 31.2 Å². The highest BCUT2D eigenvalue weighted by atomic mass is 19.4. The lowest BCUT2D eigenvalue weighted by Gasteiger charge is -2.11. The first-order valence-electron chi connectivity index (χ1n) is 9.44. The summed E-state index contributed by atoms with van der Waals surface area (Å²) in [6, 6.07) is 10.7. The molecular formula is C21H18F3N5O. The summed E-state index contributed by atoms with van der Waals surface area (Å²) in [6.45, 7) is 0. The van der Waals surface area contributed by atoms with Gasteiger partial charge in [0.15, 0.2) is 17.0 Å². The van der Waals surface area contributed by atoms with Crippen molar-refractivity contribution in [3.05, 3.63) is 66.0 Å². The molecule has 2 heterocycles. The predicted molar refractivity (Wildman–Crippen MR) is 106 cm³/mol. The molecule has 9 heteroatoms. The van der Waals surface area contributed by atoms with Crippen LogP contribution in [0.5, 0.6) is 0 Å². The zero-order valence-corrected chi connectivity index (χ0v) is 15.8. The van der Waals surface area contributed by atoms with Crippen LogP contribution in [0.4, 0.5) is 13.2 Å². The van der Waals surface area contributed by atoms with Gasteiger partial charge in [0.1, 0.15) is 0 Å². The molecule has 4 rings (SSSR count). The quantitative estimate of drug-likeness (QED) is 0.389. The molecular weight excluding hydrogens is 395 g/mol. The number of carbonyl (C=O) groups is 1. The number of benzene rings is 1. The fraction of sp³-hybridized carbons (Fsp3) is 0.238. The van der Waals surface area contributed by atoms with Crippen LogP contribution in [0.15, 0.2) is 59.7 Å². The molecule has 1 aromatic carbocycles. The average Bonchev–Trinajstić information content (AvgIpc) is 3.18. The molecule has 0 saturated carbocycles. The molecule has 0 radical (unpaired) electrons. The van der Waals surface area contributed by atoms with Crippen molar-refractivity contribution in [1.29, 1.82) is 0 Å². The summed E-state index contributed by atoms with van der Waals surface area (Å²) >= 11 is 0. The number of fused-ring (bicyclic) bond motifs is 1. The van der Waals surface area contributed by atoms with E-state index in [2.05, 4.69) is 32.8 Å². The van der Waals surface area contributed by atoms with Gasteiger partial charge in [-0.3, -0.25) is 4.79 Å². The Bertz CT molecular complexity index is 1120. The van der Waals surface area contributed by atoms with E-state index in [1.54, 1.807) is 36.5 Å². The third-order valence-corrected chi connectivity index (χ3v) is 4.78. The van der Waals surface area contributed by atoms with Crippen LogP contribution in [-0.4, -0.2) is 26.7 Å². The molecule has 0 aliphatic heterocycles. The minimum absolute atomic E-state index is 0.0739. The van der Waals surface area contributed by atoms with E-state index in [4.69, 9.17) is 0 Å². The highest BCUT2D eigenvalue weighted by Crippen LogP contribution is 2.32. The first kappa shape index (κ1) is 19.8. The molecule has 0 fully saturated rings. The van der Waals surface area contributed by atoms with Crippen molar-refractivity contribution in [3.63, 3.8) is 0 Å². The van der Waals surface area contributed by atoms with Crippen LogP contribution in [0, 0.1) is 5.92 Å². The Morgan fingerprint density at radius 1 is 1.20 bits per heavy atom. The number of aromatic nitrogens is 3. The van der Waals surface area contributed by atoms with E-state index in [0.29, 0.717) is 10.1 Å². The summed E-state index contributed by atoms with van der Waals surface area (Å²) in [5.41, 5.74) is 1.73. The molecule has 0 bridgehead atoms. The predicted octanol–water partition coefficient (Wildman–Crippen LogP) is 4.49. The first-order valence-corrected chi connectivity index (χ1v) is 9.44. The Labute approximate surface area is 170 Å². The highest BCUT2D eigenvalue weighted by Gasteiger charge is 2.35. The fourth-order valence-corrected chi connectivity index (χ4v) is 3.26. The number of nitrogens with one attached hydrogen (secondary N) is 1. The summed E-state index contributed by atoms with van der Waals surface area (Å²) in [7, 11) is 0. The average molecular weight is 413 g/mol. The number of carbonyl (C=O) groups excluding carboxylic acids is 1. The van der Waals surface area contributed by atoms with E-state index in [1.165, 1.54) is 6.07 Å². The molecule has 0 spiro atoms. The maximum absolute atomic E-state index is 13.6. The van der Waals surface area contributed by atoms with E-state index in [9.17, 15) is 18.0 Å². The molecule has 3 aromatic rings. The second-order valence-corrected chi connectivity index (χ2v) is 6.95. The number of halogens is 3. The van der Waals surface area contributed by atoms with E-state index in [0.717, 1.165) is 25.3 Å². The van der Waals surface area contributed by atoms with Crippen molar-refractivity contribution in [2.45, 2.75) is 25.4 Å². The van der Waals surface area contributed by atoms with Gasteiger partial charge >= 0.3 is 6.18 Å². The Kier molecular flexibility index (Phi) is 5.35. The third kappa shape index (κ3) is 4.24. The van der Waals surface area contributed by atoms with Gasteiger partial charge < -0.3 is 0 Å². The molecule has 1 aliphatic rings. The van der Waals surface area contributed by atoms with Crippen LogP contribution in [-0.2, 0) is 6.18 Å². The molecule has 1 amide bonds. The highest BCUT2D eigenvalue weighted by molar-refractivity contribution is 5.93. The van der Waals surface area contributed by atoms with Gasteiger partial charge in [0.05, 0.1) is 5.69 Å². The fourth-order valence-electron chi connectivity index (χ4n) is 3.26. The number of alkyl halides is 3. The van der Waals surface area contributed by atoms with Crippen molar-refractivity contribution < 1.29 is 18.0 Å².